The molecule has 0 aliphatic carbocycles. The predicted octanol–water partition coefficient (Wildman–Crippen LogP) is 1.21. The van der Waals surface area contributed by atoms with Gasteiger partial charge < -0.3 is 15.2 Å². The van der Waals surface area contributed by atoms with E-state index in [2.05, 4.69) is 15.6 Å². The van der Waals surface area contributed by atoms with Gasteiger partial charge in [0.15, 0.2) is 11.2 Å². The molecule has 2 rings (SSSR count). The topological polar surface area (TPSA) is 101 Å². The minimum Gasteiger partial charge on any atom is -0.479 e. The number of anilines is 1. The molecule has 1 fully saturated rings. The Kier molecular flexibility index (Phi) is 4.33. The first-order chi connectivity index (χ1) is 9.04. The zero-order valence-corrected chi connectivity index (χ0v) is 11.2. The highest BCUT2D eigenvalue weighted by Crippen LogP contribution is 2.19. The Morgan fingerprint density at radius 1 is 1.58 bits per heavy atom. The van der Waals surface area contributed by atoms with Crippen molar-refractivity contribution < 1.29 is 19.4 Å². The summed E-state index contributed by atoms with van der Waals surface area (Å²) in [5.74, 6) is -0.954. The van der Waals surface area contributed by atoms with Crippen molar-refractivity contribution in [2.75, 3.05) is 11.9 Å². The van der Waals surface area contributed by atoms with Gasteiger partial charge in [-0.15, -0.1) is 11.3 Å². The van der Waals surface area contributed by atoms with Gasteiger partial charge in [0.25, 0.3) is 0 Å². The number of thiazole rings is 1. The molecule has 2 unspecified atom stereocenters. The molecular formula is C11H15N3O4S. The average Bonchev–Trinajstić information content (AvgIpc) is 2.96. The van der Waals surface area contributed by atoms with Crippen molar-refractivity contribution in [3.05, 3.63) is 11.1 Å². The maximum absolute atomic E-state index is 11.6. The van der Waals surface area contributed by atoms with Crippen LogP contribution < -0.4 is 10.6 Å². The zero-order valence-electron chi connectivity index (χ0n) is 10.4. The van der Waals surface area contributed by atoms with Crippen LogP contribution in [0.3, 0.4) is 0 Å². The van der Waals surface area contributed by atoms with E-state index in [1.54, 1.807) is 6.20 Å². The van der Waals surface area contributed by atoms with Crippen molar-refractivity contribution in [2.45, 2.75) is 32.0 Å². The molecule has 1 aromatic rings. The van der Waals surface area contributed by atoms with E-state index >= 15 is 0 Å². The van der Waals surface area contributed by atoms with E-state index in [1.807, 2.05) is 6.92 Å². The number of amides is 2. The van der Waals surface area contributed by atoms with Crippen LogP contribution in [0.2, 0.25) is 0 Å². The standard InChI is InChI=1S/C11H15N3O4S/c1-6-4-13-11(19-6)14-10(17)12-5-7-2-3-8(18-7)9(15)16/h4,7-8H,2-3,5H2,1H3,(H,15,16)(H2,12,13,14,17). The number of ether oxygens (including phenoxy) is 1. The van der Waals surface area contributed by atoms with Crippen LogP contribution in [0.15, 0.2) is 6.20 Å². The molecule has 2 amide bonds. The number of aliphatic carboxylic acids is 1. The Bertz CT molecular complexity index is 476. The molecule has 0 spiro atoms. The highest BCUT2D eigenvalue weighted by Gasteiger charge is 2.30. The molecule has 0 saturated carbocycles. The van der Waals surface area contributed by atoms with Crippen molar-refractivity contribution in [1.29, 1.82) is 0 Å². The summed E-state index contributed by atoms with van der Waals surface area (Å²) in [4.78, 5) is 27.3. The van der Waals surface area contributed by atoms with E-state index in [-0.39, 0.29) is 12.1 Å². The lowest BCUT2D eigenvalue weighted by Crippen LogP contribution is -2.35. The molecule has 1 aromatic heterocycles. The predicted molar refractivity (Wildman–Crippen MR) is 69.4 cm³/mol. The van der Waals surface area contributed by atoms with Crippen LogP contribution in [-0.2, 0) is 9.53 Å². The van der Waals surface area contributed by atoms with Gasteiger partial charge in [0, 0.05) is 17.6 Å². The molecule has 1 saturated heterocycles. The molecule has 2 heterocycles. The van der Waals surface area contributed by atoms with Gasteiger partial charge >= 0.3 is 12.0 Å². The maximum atomic E-state index is 11.6. The van der Waals surface area contributed by atoms with Gasteiger partial charge in [-0.1, -0.05) is 0 Å². The summed E-state index contributed by atoms with van der Waals surface area (Å²) in [6.45, 7) is 2.19. The van der Waals surface area contributed by atoms with Crippen LogP contribution in [0.25, 0.3) is 0 Å². The summed E-state index contributed by atoms with van der Waals surface area (Å²) in [5.41, 5.74) is 0. The van der Waals surface area contributed by atoms with Crippen LogP contribution in [0, 0.1) is 6.92 Å². The summed E-state index contributed by atoms with van der Waals surface area (Å²) in [6.07, 6.45) is 1.79. The number of nitrogens with one attached hydrogen (secondary N) is 2. The molecule has 0 radical (unpaired) electrons. The molecule has 3 N–H and O–H groups in total. The van der Waals surface area contributed by atoms with Crippen molar-refractivity contribution in [1.82, 2.24) is 10.3 Å². The normalized spacial score (nSPS) is 22.2. The van der Waals surface area contributed by atoms with E-state index in [4.69, 9.17) is 9.84 Å². The first kappa shape index (κ1) is 13.8. The van der Waals surface area contributed by atoms with Gasteiger partial charge in [0.2, 0.25) is 0 Å². The summed E-state index contributed by atoms with van der Waals surface area (Å²) in [7, 11) is 0. The number of carboxylic acids is 1. The van der Waals surface area contributed by atoms with Crippen molar-refractivity contribution in [3.63, 3.8) is 0 Å². The van der Waals surface area contributed by atoms with E-state index in [1.165, 1.54) is 11.3 Å². The molecule has 1 aliphatic heterocycles. The number of carbonyl (C=O) groups excluding carboxylic acids is 1. The Labute approximate surface area is 114 Å². The van der Waals surface area contributed by atoms with Crippen LogP contribution in [0.1, 0.15) is 17.7 Å². The second kappa shape index (κ2) is 5.98. The highest BCUT2D eigenvalue weighted by molar-refractivity contribution is 7.15. The second-order valence-corrected chi connectivity index (χ2v) is 5.51. The smallest absolute Gasteiger partial charge is 0.332 e. The summed E-state index contributed by atoms with van der Waals surface area (Å²) >= 11 is 1.39. The third kappa shape index (κ3) is 3.90. The second-order valence-electron chi connectivity index (χ2n) is 4.27. The van der Waals surface area contributed by atoms with Crippen LogP contribution in [0.4, 0.5) is 9.93 Å². The molecule has 19 heavy (non-hydrogen) atoms. The van der Waals surface area contributed by atoms with E-state index in [9.17, 15) is 9.59 Å². The van der Waals surface area contributed by atoms with Crippen molar-refractivity contribution in [3.8, 4) is 0 Å². The third-order valence-corrected chi connectivity index (χ3v) is 3.54. The lowest BCUT2D eigenvalue weighted by molar-refractivity contribution is -0.149. The third-order valence-electron chi connectivity index (χ3n) is 2.72. The van der Waals surface area contributed by atoms with E-state index in [0.29, 0.717) is 24.5 Å². The van der Waals surface area contributed by atoms with Gasteiger partial charge in [-0.05, 0) is 19.8 Å². The van der Waals surface area contributed by atoms with Gasteiger partial charge in [0.05, 0.1) is 6.10 Å². The molecule has 0 aromatic carbocycles. The molecule has 104 valence electrons. The fourth-order valence-corrected chi connectivity index (χ4v) is 2.46. The van der Waals surface area contributed by atoms with Gasteiger partial charge in [-0.25, -0.2) is 14.6 Å². The molecule has 1 aliphatic rings. The molecule has 2 atom stereocenters. The number of aromatic nitrogens is 1. The number of hydrogen-bond donors (Lipinski definition) is 3. The number of carboxylic acid groups (broad SMARTS) is 1. The first-order valence-corrected chi connectivity index (χ1v) is 6.72. The number of carbonyl (C=O) groups is 2. The molecule has 8 heteroatoms. The average molecular weight is 285 g/mol. The van der Waals surface area contributed by atoms with Crippen LogP contribution in [-0.4, -0.2) is 40.8 Å². The number of hydrogen-bond acceptors (Lipinski definition) is 5. The Hall–Kier alpha value is -1.67. The minimum absolute atomic E-state index is 0.245. The fraction of sp³-hybridized carbons (Fsp3) is 0.545. The number of rotatable bonds is 4. The lowest BCUT2D eigenvalue weighted by atomic mass is 10.2. The van der Waals surface area contributed by atoms with Crippen molar-refractivity contribution >= 4 is 28.5 Å². The largest absolute Gasteiger partial charge is 0.479 e. The van der Waals surface area contributed by atoms with Gasteiger partial charge in [-0.2, -0.15) is 0 Å². The number of aryl methyl sites for hydroxylation is 1. The SMILES string of the molecule is Cc1cnc(NC(=O)NCC2CCC(C(=O)O)O2)s1. The molecular weight excluding hydrogens is 270 g/mol. The highest BCUT2D eigenvalue weighted by atomic mass is 32.1. The zero-order chi connectivity index (χ0) is 13.8. The number of urea groups is 1. The van der Waals surface area contributed by atoms with Gasteiger partial charge in [0.1, 0.15) is 0 Å². The Morgan fingerprint density at radius 2 is 2.37 bits per heavy atom. The fourth-order valence-electron chi connectivity index (χ4n) is 1.80. The van der Waals surface area contributed by atoms with Crippen LogP contribution >= 0.6 is 11.3 Å². The quantitative estimate of drug-likeness (QED) is 0.772. The van der Waals surface area contributed by atoms with Crippen LogP contribution in [0.5, 0.6) is 0 Å². The lowest BCUT2D eigenvalue weighted by Gasteiger charge is -2.12. The Morgan fingerprint density at radius 3 is 2.95 bits per heavy atom. The monoisotopic (exact) mass is 285 g/mol. The van der Waals surface area contributed by atoms with E-state index < -0.39 is 12.1 Å². The Balaban J connectivity index is 1.71. The van der Waals surface area contributed by atoms with Crippen molar-refractivity contribution in [2.24, 2.45) is 0 Å². The minimum atomic E-state index is -0.954. The van der Waals surface area contributed by atoms with Gasteiger partial charge in [-0.3, -0.25) is 5.32 Å². The summed E-state index contributed by atoms with van der Waals surface area (Å²) in [6, 6.07) is -0.364. The summed E-state index contributed by atoms with van der Waals surface area (Å²) < 4.78 is 5.27. The molecule has 7 nitrogen and oxygen atoms in total. The van der Waals surface area contributed by atoms with E-state index in [0.717, 1.165) is 4.88 Å². The molecule has 0 bridgehead atoms. The number of nitrogens with zero attached hydrogens (tertiary/aromatic N) is 1. The maximum Gasteiger partial charge on any atom is 0.332 e. The summed E-state index contributed by atoms with van der Waals surface area (Å²) in [5, 5.41) is 14.6. The first-order valence-electron chi connectivity index (χ1n) is 5.90.